The molecule has 0 aliphatic carbocycles. The molecule has 0 spiro atoms. The molecular formula is C30H38N4O5. The Morgan fingerprint density at radius 1 is 1.00 bits per heavy atom. The summed E-state index contributed by atoms with van der Waals surface area (Å²) in [7, 11) is 0. The summed E-state index contributed by atoms with van der Waals surface area (Å²) in [6.07, 6.45) is -0.731. The summed E-state index contributed by atoms with van der Waals surface area (Å²) >= 11 is 0. The first kappa shape index (κ1) is 28.2. The fourth-order valence-corrected chi connectivity index (χ4v) is 4.40. The number of nitrogens with one attached hydrogen (secondary N) is 2. The van der Waals surface area contributed by atoms with Gasteiger partial charge >= 0.3 is 12.1 Å². The van der Waals surface area contributed by atoms with Crippen molar-refractivity contribution in [3.8, 4) is 5.75 Å². The predicted octanol–water partition coefficient (Wildman–Crippen LogP) is 5.55. The molecule has 208 valence electrons. The van der Waals surface area contributed by atoms with Gasteiger partial charge in [-0.25, -0.2) is 15.0 Å². The summed E-state index contributed by atoms with van der Waals surface area (Å²) in [5, 5.41) is 5.68. The quantitative estimate of drug-likeness (QED) is 0.386. The summed E-state index contributed by atoms with van der Waals surface area (Å²) in [6, 6.07) is 18.4. The lowest BCUT2D eigenvalue weighted by atomic mass is 9.87. The van der Waals surface area contributed by atoms with E-state index in [9.17, 15) is 9.59 Å². The molecule has 3 aromatic carbocycles. The first-order chi connectivity index (χ1) is 18.8. The Bertz CT molecular complexity index is 1280. The minimum atomic E-state index is -0.731. The van der Waals surface area contributed by atoms with E-state index >= 15 is 0 Å². The molecule has 3 amide bonds. The zero-order valence-electron chi connectivity index (χ0n) is 23.2. The van der Waals surface area contributed by atoms with Crippen LogP contribution in [0.3, 0.4) is 0 Å². The minimum absolute atomic E-state index is 0.0859. The Balaban J connectivity index is 1.60. The van der Waals surface area contributed by atoms with Crippen molar-refractivity contribution < 1.29 is 23.8 Å². The average Bonchev–Trinajstić information content (AvgIpc) is 2.92. The third kappa shape index (κ3) is 7.40. The van der Waals surface area contributed by atoms with E-state index in [0.717, 1.165) is 49.2 Å². The third-order valence-electron chi connectivity index (χ3n) is 6.53. The van der Waals surface area contributed by atoms with Crippen LogP contribution in [0.25, 0.3) is 10.8 Å². The van der Waals surface area contributed by atoms with Crippen LogP contribution in [0.1, 0.15) is 33.3 Å². The fraction of sp³-hybridized carbons (Fsp3) is 0.400. The first-order valence-electron chi connectivity index (χ1n) is 13.4. The smallest absolute Gasteiger partial charge is 0.426 e. The fourth-order valence-electron chi connectivity index (χ4n) is 4.40. The van der Waals surface area contributed by atoms with Crippen LogP contribution in [0.5, 0.6) is 5.75 Å². The average molecular weight is 535 g/mol. The molecule has 0 aromatic heterocycles. The molecule has 0 radical (unpaired) electrons. The molecule has 0 atom stereocenters. The van der Waals surface area contributed by atoms with Gasteiger partial charge in [0.25, 0.3) is 0 Å². The second-order valence-corrected chi connectivity index (χ2v) is 10.4. The maximum absolute atomic E-state index is 13.6. The van der Waals surface area contributed by atoms with E-state index < -0.39 is 12.1 Å². The number of urea groups is 1. The number of hydrogen-bond donors (Lipinski definition) is 2. The van der Waals surface area contributed by atoms with Crippen molar-refractivity contribution in [1.29, 1.82) is 0 Å². The maximum atomic E-state index is 13.6. The number of hydrazine groups is 1. The second kappa shape index (κ2) is 12.8. The highest BCUT2D eigenvalue weighted by molar-refractivity contribution is 6.09. The molecule has 9 nitrogen and oxygen atoms in total. The molecular weight excluding hydrogens is 496 g/mol. The lowest BCUT2D eigenvalue weighted by Crippen LogP contribution is -2.49. The topological polar surface area (TPSA) is 92.4 Å². The van der Waals surface area contributed by atoms with E-state index in [4.69, 9.17) is 14.2 Å². The molecule has 4 rings (SSSR count). The lowest BCUT2D eigenvalue weighted by molar-refractivity contribution is 0.0323. The van der Waals surface area contributed by atoms with Crippen molar-refractivity contribution in [2.24, 2.45) is 0 Å². The van der Waals surface area contributed by atoms with Gasteiger partial charge in [-0.15, -0.1) is 0 Å². The highest BCUT2D eigenvalue weighted by Gasteiger charge is 2.23. The van der Waals surface area contributed by atoms with Gasteiger partial charge in [-0.3, -0.25) is 4.90 Å². The number of anilines is 2. The van der Waals surface area contributed by atoms with E-state index in [0.29, 0.717) is 23.7 Å². The molecule has 9 heteroatoms. The Labute approximate surface area is 230 Å². The van der Waals surface area contributed by atoms with Gasteiger partial charge in [0, 0.05) is 36.1 Å². The van der Waals surface area contributed by atoms with Gasteiger partial charge in [0.05, 0.1) is 25.5 Å². The summed E-state index contributed by atoms with van der Waals surface area (Å²) in [4.78, 5) is 28.4. The largest absolute Gasteiger partial charge is 0.492 e. The normalized spacial score (nSPS) is 14.1. The number of hydrogen-bond acceptors (Lipinski definition) is 6. The first-order valence-corrected chi connectivity index (χ1v) is 13.4. The van der Waals surface area contributed by atoms with E-state index in [1.54, 1.807) is 13.0 Å². The SMILES string of the molecule is CCOC(=O)NN(C(=O)Nc1cccc(C(C)(C)C)c1)c1ccc(OCCN2CCOCC2)c2ccccc12. The van der Waals surface area contributed by atoms with Crippen LogP contribution < -0.4 is 20.5 Å². The number of carbonyl (C=O) groups excluding carboxylic acids is 2. The van der Waals surface area contributed by atoms with E-state index in [2.05, 4.69) is 36.4 Å². The lowest BCUT2D eigenvalue weighted by Gasteiger charge is -2.27. The molecule has 3 aromatic rings. The summed E-state index contributed by atoms with van der Waals surface area (Å²) in [6.45, 7) is 12.8. The number of rotatable bonds is 7. The number of carbonyl (C=O) groups is 2. The number of ether oxygens (including phenoxy) is 3. The van der Waals surface area contributed by atoms with Crippen LogP contribution in [0.4, 0.5) is 21.0 Å². The van der Waals surface area contributed by atoms with E-state index in [-0.39, 0.29) is 12.0 Å². The van der Waals surface area contributed by atoms with E-state index in [1.165, 1.54) is 5.01 Å². The summed E-state index contributed by atoms with van der Waals surface area (Å²) in [5.41, 5.74) is 4.70. The molecule has 1 aliphatic rings. The molecule has 39 heavy (non-hydrogen) atoms. The Hall–Kier alpha value is -3.82. The van der Waals surface area contributed by atoms with Gasteiger partial charge in [0.1, 0.15) is 12.4 Å². The molecule has 0 bridgehead atoms. The molecule has 1 fully saturated rings. The van der Waals surface area contributed by atoms with Gasteiger partial charge in [-0.05, 0) is 42.2 Å². The van der Waals surface area contributed by atoms with Gasteiger partial charge in [-0.2, -0.15) is 5.01 Å². The highest BCUT2D eigenvalue weighted by atomic mass is 16.6. The monoisotopic (exact) mass is 534 g/mol. The van der Waals surface area contributed by atoms with Crippen molar-refractivity contribution >= 4 is 34.3 Å². The van der Waals surface area contributed by atoms with Crippen molar-refractivity contribution in [2.75, 3.05) is 56.4 Å². The van der Waals surface area contributed by atoms with Gasteiger partial charge < -0.3 is 19.5 Å². The molecule has 1 heterocycles. The van der Waals surface area contributed by atoms with Gasteiger partial charge in [0.15, 0.2) is 0 Å². The zero-order valence-corrected chi connectivity index (χ0v) is 23.2. The summed E-state index contributed by atoms with van der Waals surface area (Å²) < 4.78 is 16.7. The number of fused-ring (bicyclic) bond motifs is 1. The zero-order chi connectivity index (χ0) is 27.8. The highest BCUT2D eigenvalue weighted by Crippen LogP contribution is 2.34. The number of benzene rings is 3. The van der Waals surface area contributed by atoms with Crippen LogP contribution >= 0.6 is 0 Å². The standard InChI is InChI=1S/C30H38N4O5/c1-5-38-29(36)32-34(28(35)31-23-10-8-9-22(21-23)30(2,3)4)26-13-14-27(25-12-7-6-11-24(25)26)39-20-17-33-15-18-37-19-16-33/h6-14,21H,5,15-20H2,1-4H3,(H,31,35)(H,32,36). The second-order valence-electron chi connectivity index (χ2n) is 10.4. The Kier molecular flexibility index (Phi) is 9.27. The number of morpholine rings is 1. The third-order valence-corrected chi connectivity index (χ3v) is 6.53. The van der Waals surface area contributed by atoms with Crippen LogP contribution in [0, 0.1) is 0 Å². The molecule has 2 N–H and O–H groups in total. The van der Waals surface area contributed by atoms with Gasteiger partial charge in [-0.1, -0.05) is 57.2 Å². The molecule has 0 unspecified atom stereocenters. The predicted molar refractivity (Wildman–Crippen MR) is 153 cm³/mol. The van der Waals surface area contributed by atoms with Crippen molar-refractivity contribution in [1.82, 2.24) is 10.3 Å². The van der Waals surface area contributed by atoms with Crippen LogP contribution in [-0.2, 0) is 14.9 Å². The Morgan fingerprint density at radius 2 is 1.74 bits per heavy atom. The number of nitrogens with zero attached hydrogens (tertiary/aromatic N) is 2. The van der Waals surface area contributed by atoms with Crippen LogP contribution in [-0.4, -0.2) is 63.1 Å². The van der Waals surface area contributed by atoms with Crippen molar-refractivity contribution in [2.45, 2.75) is 33.1 Å². The van der Waals surface area contributed by atoms with Crippen LogP contribution in [0.15, 0.2) is 60.7 Å². The molecule has 0 saturated carbocycles. The molecule has 1 saturated heterocycles. The van der Waals surface area contributed by atoms with Gasteiger partial charge in [0.2, 0.25) is 0 Å². The molecule has 1 aliphatic heterocycles. The van der Waals surface area contributed by atoms with Crippen molar-refractivity contribution in [3.63, 3.8) is 0 Å². The minimum Gasteiger partial charge on any atom is -0.492 e. The number of amides is 3. The van der Waals surface area contributed by atoms with Crippen LogP contribution in [0.2, 0.25) is 0 Å². The van der Waals surface area contributed by atoms with Crippen molar-refractivity contribution in [3.05, 3.63) is 66.2 Å². The van der Waals surface area contributed by atoms with E-state index in [1.807, 2.05) is 54.6 Å². The maximum Gasteiger partial charge on any atom is 0.426 e. The summed E-state index contributed by atoms with van der Waals surface area (Å²) in [5.74, 6) is 0.706. The Morgan fingerprint density at radius 3 is 2.46 bits per heavy atom.